The highest BCUT2D eigenvalue weighted by Gasteiger charge is 1.81. The second kappa shape index (κ2) is 4.37. The van der Waals surface area contributed by atoms with Crippen molar-refractivity contribution < 1.29 is 0 Å². The smallest absolute Gasteiger partial charge is 0.0277 e. The Morgan fingerprint density at radius 2 is 2.38 bits per heavy atom. The SMILES string of the molecule is CCC(C=NC)=CN. The normalized spacial score (nSPS) is 13.0. The standard InChI is InChI=1S/C6H12N2/c1-3-6(4-7)5-8-2/h4-5H,3,7H2,1-2H3. The van der Waals surface area contributed by atoms with Gasteiger partial charge in [-0.3, -0.25) is 4.99 Å². The van der Waals surface area contributed by atoms with Gasteiger partial charge in [0, 0.05) is 13.3 Å². The summed E-state index contributed by atoms with van der Waals surface area (Å²) < 4.78 is 0. The summed E-state index contributed by atoms with van der Waals surface area (Å²) in [7, 11) is 1.74. The number of aliphatic imine (C=N–C) groups is 1. The molecule has 0 aliphatic heterocycles. The highest BCUT2D eigenvalue weighted by molar-refractivity contribution is 5.77. The monoisotopic (exact) mass is 112 g/mol. The molecule has 46 valence electrons. The van der Waals surface area contributed by atoms with Gasteiger partial charge in [-0.2, -0.15) is 0 Å². The number of nitrogens with zero attached hydrogens (tertiary/aromatic N) is 1. The molecule has 0 saturated carbocycles. The molecule has 2 nitrogen and oxygen atoms in total. The molecule has 0 aromatic heterocycles. The average molecular weight is 112 g/mol. The zero-order chi connectivity index (χ0) is 6.41. The van der Waals surface area contributed by atoms with Crippen molar-refractivity contribution in [3.63, 3.8) is 0 Å². The lowest BCUT2D eigenvalue weighted by atomic mass is 10.2. The van der Waals surface area contributed by atoms with Crippen LogP contribution in [0.2, 0.25) is 0 Å². The first-order chi connectivity index (χ1) is 3.85. The van der Waals surface area contributed by atoms with Crippen molar-refractivity contribution in [2.24, 2.45) is 10.7 Å². The fraction of sp³-hybridized carbons (Fsp3) is 0.500. The van der Waals surface area contributed by atoms with Crippen LogP contribution in [0.4, 0.5) is 0 Å². The fourth-order valence-corrected chi connectivity index (χ4v) is 0.418. The van der Waals surface area contributed by atoms with Crippen LogP contribution < -0.4 is 5.73 Å². The van der Waals surface area contributed by atoms with Gasteiger partial charge in [0.1, 0.15) is 0 Å². The Kier molecular flexibility index (Phi) is 3.94. The fourth-order valence-electron chi connectivity index (χ4n) is 0.418. The molecule has 0 aromatic rings. The number of hydrogen-bond donors (Lipinski definition) is 1. The van der Waals surface area contributed by atoms with Gasteiger partial charge in [0.15, 0.2) is 0 Å². The van der Waals surface area contributed by atoms with Gasteiger partial charge in [-0.15, -0.1) is 0 Å². The van der Waals surface area contributed by atoms with Crippen LogP contribution >= 0.6 is 0 Å². The van der Waals surface area contributed by atoms with Gasteiger partial charge in [0.2, 0.25) is 0 Å². The molecule has 0 aliphatic rings. The van der Waals surface area contributed by atoms with Crippen molar-refractivity contribution in [1.82, 2.24) is 0 Å². The van der Waals surface area contributed by atoms with E-state index in [-0.39, 0.29) is 0 Å². The molecule has 8 heavy (non-hydrogen) atoms. The van der Waals surface area contributed by atoms with Crippen LogP contribution in [-0.2, 0) is 0 Å². The molecule has 0 unspecified atom stereocenters. The van der Waals surface area contributed by atoms with Crippen molar-refractivity contribution in [1.29, 1.82) is 0 Å². The summed E-state index contributed by atoms with van der Waals surface area (Å²) in [5.41, 5.74) is 6.29. The van der Waals surface area contributed by atoms with Crippen LogP contribution in [-0.4, -0.2) is 13.3 Å². The van der Waals surface area contributed by atoms with Crippen LogP contribution in [0.3, 0.4) is 0 Å². The second-order valence-corrected chi connectivity index (χ2v) is 1.48. The third kappa shape index (κ3) is 2.39. The highest BCUT2D eigenvalue weighted by atomic mass is 14.6. The summed E-state index contributed by atoms with van der Waals surface area (Å²) in [5, 5.41) is 0. The zero-order valence-corrected chi connectivity index (χ0v) is 5.39. The Bertz CT molecular complexity index is 100. The first-order valence-corrected chi connectivity index (χ1v) is 2.68. The van der Waals surface area contributed by atoms with Crippen molar-refractivity contribution in [3.05, 3.63) is 11.8 Å². The summed E-state index contributed by atoms with van der Waals surface area (Å²) >= 11 is 0. The lowest BCUT2D eigenvalue weighted by molar-refractivity contribution is 1.16. The number of rotatable bonds is 2. The van der Waals surface area contributed by atoms with Gasteiger partial charge in [0.25, 0.3) is 0 Å². The molecular weight excluding hydrogens is 100 g/mol. The Morgan fingerprint density at radius 1 is 1.75 bits per heavy atom. The molecule has 0 saturated heterocycles. The zero-order valence-electron chi connectivity index (χ0n) is 5.39. The Balaban J connectivity index is 3.72. The predicted octanol–water partition coefficient (Wildman–Crippen LogP) is 0.940. The third-order valence-electron chi connectivity index (χ3n) is 0.917. The minimum absolute atomic E-state index is 0.952. The molecule has 0 rings (SSSR count). The van der Waals surface area contributed by atoms with E-state index < -0.39 is 0 Å². The Labute approximate surface area is 50.1 Å². The predicted molar refractivity (Wildman–Crippen MR) is 37.0 cm³/mol. The Morgan fingerprint density at radius 3 is 2.50 bits per heavy atom. The quantitative estimate of drug-likeness (QED) is 0.530. The van der Waals surface area contributed by atoms with Crippen molar-refractivity contribution >= 4 is 6.21 Å². The summed E-state index contributed by atoms with van der Waals surface area (Å²) in [6.07, 6.45) is 4.29. The molecule has 2 heteroatoms. The lowest BCUT2D eigenvalue weighted by Gasteiger charge is -1.88. The van der Waals surface area contributed by atoms with E-state index in [4.69, 9.17) is 5.73 Å². The average Bonchev–Trinajstić information content (AvgIpc) is 1.83. The van der Waals surface area contributed by atoms with E-state index in [1.807, 2.05) is 6.92 Å². The van der Waals surface area contributed by atoms with E-state index in [0.717, 1.165) is 12.0 Å². The molecular formula is C6H12N2. The maximum atomic E-state index is 5.22. The minimum atomic E-state index is 0.952. The van der Waals surface area contributed by atoms with E-state index in [2.05, 4.69) is 4.99 Å². The molecule has 0 heterocycles. The van der Waals surface area contributed by atoms with Crippen LogP contribution in [0, 0.1) is 0 Å². The lowest BCUT2D eigenvalue weighted by Crippen LogP contribution is -1.88. The van der Waals surface area contributed by atoms with Crippen LogP contribution in [0.1, 0.15) is 13.3 Å². The van der Waals surface area contributed by atoms with E-state index in [1.54, 1.807) is 19.5 Å². The van der Waals surface area contributed by atoms with Crippen LogP contribution in [0.15, 0.2) is 16.8 Å². The summed E-state index contributed by atoms with van der Waals surface area (Å²) in [6, 6.07) is 0. The van der Waals surface area contributed by atoms with Gasteiger partial charge < -0.3 is 5.73 Å². The summed E-state index contributed by atoms with van der Waals surface area (Å²) in [4.78, 5) is 3.80. The molecule has 0 atom stereocenters. The van der Waals surface area contributed by atoms with Gasteiger partial charge in [-0.1, -0.05) is 6.92 Å². The van der Waals surface area contributed by atoms with Crippen LogP contribution in [0.5, 0.6) is 0 Å². The first kappa shape index (κ1) is 7.21. The maximum absolute atomic E-state index is 5.22. The molecule has 0 radical (unpaired) electrons. The Hall–Kier alpha value is -0.790. The van der Waals surface area contributed by atoms with Gasteiger partial charge in [-0.25, -0.2) is 0 Å². The van der Waals surface area contributed by atoms with E-state index in [9.17, 15) is 0 Å². The first-order valence-electron chi connectivity index (χ1n) is 2.68. The third-order valence-corrected chi connectivity index (χ3v) is 0.917. The van der Waals surface area contributed by atoms with Crippen molar-refractivity contribution in [3.8, 4) is 0 Å². The molecule has 0 fully saturated rings. The maximum Gasteiger partial charge on any atom is 0.0277 e. The topological polar surface area (TPSA) is 38.4 Å². The number of hydrogen-bond acceptors (Lipinski definition) is 2. The second-order valence-electron chi connectivity index (χ2n) is 1.48. The van der Waals surface area contributed by atoms with Crippen LogP contribution in [0.25, 0.3) is 0 Å². The van der Waals surface area contributed by atoms with Gasteiger partial charge >= 0.3 is 0 Å². The molecule has 0 bridgehead atoms. The van der Waals surface area contributed by atoms with Crippen molar-refractivity contribution in [2.75, 3.05) is 7.05 Å². The van der Waals surface area contributed by atoms with Crippen molar-refractivity contribution in [2.45, 2.75) is 13.3 Å². The summed E-state index contributed by atoms with van der Waals surface area (Å²) in [5.74, 6) is 0. The molecule has 0 spiro atoms. The number of allylic oxidation sites excluding steroid dienone is 1. The van der Waals surface area contributed by atoms with Gasteiger partial charge in [0.05, 0.1) is 0 Å². The molecule has 0 aromatic carbocycles. The van der Waals surface area contributed by atoms with E-state index >= 15 is 0 Å². The van der Waals surface area contributed by atoms with E-state index in [0.29, 0.717) is 0 Å². The summed E-state index contributed by atoms with van der Waals surface area (Å²) in [6.45, 7) is 2.04. The minimum Gasteiger partial charge on any atom is -0.404 e. The molecule has 0 amide bonds. The van der Waals surface area contributed by atoms with E-state index in [1.165, 1.54) is 0 Å². The largest absolute Gasteiger partial charge is 0.404 e. The molecule has 0 aliphatic carbocycles. The highest BCUT2D eigenvalue weighted by Crippen LogP contribution is 1.91. The molecule has 2 N–H and O–H groups in total. The van der Waals surface area contributed by atoms with Gasteiger partial charge in [-0.05, 0) is 18.2 Å². The number of nitrogens with two attached hydrogens (primary N) is 1.